The van der Waals surface area contributed by atoms with E-state index in [-0.39, 0.29) is 19.6 Å². The fourth-order valence-corrected chi connectivity index (χ4v) is 10.7. The van der Waals surface area contributed by atoms with Crippen LogP contribution in [0, 0.1) is 37.3 Å². The molecule has 2 aliphatic heterocycles. The molecule has 2 fully saturated rings. The highest BCUT2D eigenvalue weighted by molar-refractivity contribution is 7.92. The molecular formula is C45H48F2N4O5S2. The Labute approximate surface area is 339 Å². The summed E-state index contributed by atoms with van der Waals surface area (Å²) < 4.78 is 87.6. The van der Waals surface area contributed by atoms with Gasteiger partial charge in [-0.2, -0.15) is 0 Å². The number of hydrogen-bond acceptors (Lipinski definition) is 9. The zero-order valence-corrected chi connectivity index (χ0v) is 35.0. The molecule has 0 unspecified atom stereocenters. The monoisotopic (exact) mass is 826 g/mol. The Kier molecular flexibility index (Phi) is 11.8. The van der Waals surface area contributed by atoms with E-state index >= 15 is 0 Å². The summed E-state index contributed by atoms with van der Waals surface area (Å²) in [6.45, 7) is 11.2. The van der Waals surface area contributed by atoms with Crippen molar-refractivity contribution in [3.05, 3.63) is 114 Å². The molecule has 0 spiro atoms. The molecule has 0 atom stereocenters. The molecule has 4 heterocycles. The quantitative estimate of drug-likeness (QED) is 0.156. The Bertz CT molecular complexity index is 2710. The summed E-state index contributed by atoms with van der Waals surface area (Å²) in [5, 5.41) is 1.06. The van der Waals surface area contributed by atoms with Gasteiger partial charge in [0.1, 0.15) is 27.2 Å². The summed E-state index contributed by atoms with van der Waals surface area (Å²) in [4.78, 5) is 13.4. The van der Waals surface area contributed by atoms with Crippen molar-refractivity contribution in [2.75, 3.05) is 43.1 Å². The van der Waals surface area contributed by atoms with Crippen LogP contribution in [-0.4, -0.2) is 60.1 Å². The number of pyridine rings is 2. The largest absolute Gasteiger partial charge is 0.497 e. The Morgan fingerprint density at radius 3 is 1.52 bits per heavy atom. The molecule has 0 radical (unpaired) electrons. The Morgan fingerprint density at radius 2 is 1.07 bits per heavy atom. The van der Waals surface area contributed by atoms with Crippen LogP contribution >= 0.6 is 0 Å². The standard InChI is InChI=1S/C23H25FN2O2S.C22H23FN2O3S/c1-15-8-10-26(11-9-15)23-20-13-18(24)5-7-21(20)25-14-22(23)29(27,28)19-6-4-16(2)17(3)12-19;1-15-8-10-25(11-9-15)22-19-12-16(23)6-7-20(19)24-14-21(22)29(26,27)18-5-3-4-17(13-18)28-2/h4-7,12-15H,8-11H2,1-3H3;3-7,12-15H,8-11H2,1-2H3. The molecule has 0 amide bonds. The van der Waals surface area contributed by atoms with Crippen molar-refractivity contribution in [1.29, 1.82) is 0 Å². The van der Waals surface area contributed by atoms with Gasteiger partial charge in [-0.05, 0) is 129 Å². The van der Waals surface area contributed by atoms with E-state index in [2.05, 4.69) is 33.6 Å². The minimum Gasteiger partial charge on any atom is -0.497 e. The average molecular weight is 827 g/mol. The molecule has 304 valence electrons. The lowest BCUT2D eigenvalue weighted by molar-refractivity contribution is 0.413. The third kappa shape index (κ3) is 8.24. The minimum absolute atomic E-state index is 0.0957. The van der Waals surface area contributed by atoms with Gasteiger partial charge < -0.3 is 14.5 Å². The molecule has 2 aliphatic rings. The average Bonchev–Trinajstić information content (AvgIpc) is 3.21. The van der Waals surface area contributed by atoms with Crippen LogP contribution in [0.4, 0.5) is 20.2 Å². The van der Waals surface area contributed by atoms with E-state index in [1.165, 1.54) is 55.9 Å². The first-order valence-corrected chi connectivity index (χ1v) is 22.5. The van der Waals surface area contributed by atoms with Crippen molar-refractivity contribution in [3.63, 3.8) is 0 Å². The van der Waals surface area contributed by atoms with E-state index in [1.54, 1.807) is 36.4 Å². The topological polar surface area (TPSA) is 110 Å². The predicted octanol–water partition coefficient (Wildman–Crippen LogP) is 9.51. The summed E-state index contributed by atoms with van der Waals surface area (Å²) in [6, 6.07) is 20.2. The van der Waals surface area contributed by atoms with Crippen molar-refractivity contribution in [3.8, 4) is 5.75 Å². The Hall–Kier alpha value is -5.14. The van der Waals surface area contributed by atoms with Crippen LogP contribution in [0.1, 0.15) is 50.7 Å². The van der Waals surface area contributed by atoms with Crippen molar-refractivity contribution in [1.82, 2.24) is 9.97 Å². The zero-order chi connectivity index (χ0) is 41.4. The first-order valence-electron chi connectivity index (χ1n) is 19.5. The highest BCUT2D eigenvalue weighted by Gasteiger charge is 2.31. The van der Waals surface area contributed by atoms with Gasteiger partial charge in [0.2, 0.25) is 19.7 Å². The molecule has 58 heavy (non-hydrogen) atoms. The maximum Gasteiger partial charge on any atom is 0.210 e. The van der Waals surface area contributed by atoms with E-state index in [4.69, 9.17) is 4.74 Å². The van der Waals surface area contributed by atoms with E-state index < -0.39 is 31.3 Å². The normalized spacial score (nSPS) is 15.7. The fourth-order valence-electron chi connectivity index (χ4n) is 7.68. The second-order valence-electron chi connectivity index (χ2n) is 15.5. The SMILES string of the molecule is COc1cccc(S(=O)(=O)c2cnc3ccc(F)cc3c2N2CCC(C)CC2)c1.Cc1ccc(S(=O)(=O)c2cnc3ccc(F)cc3c2N2CCC(C)CC2)cc1C. The highest BCUT2D eigenvalue weighted by atomic mass is 32.2. The molecule has 4 aromatic carbocycles. The lowest BCUT2D eigenvalue weighted by Crippen LogP contribution is -2.34. The van der Waals surface area contributed by atoms with Gasteiger partial charge in [0.25, 0.3) is 0 Å². The molecule has 13 heteroatoms. The van der Waals surface area contributed by atoms with Gasteiger partial charge >= 0.3 is 0 Å². The van der Waals surface area contributed by atoms with Crippen molar-refractivity contribution >= 4 is 52.9 Å². The summed E-state index contributed by atoms with van der Waals surface area (Å²) in [7, 11) is -6.19. The first kappa shape index (κ1) is 41.0. The number of nitrogens with zero attached hydrogens (tertiary/aromatic N) is 4. The molecule has 6 aromatic rings. The summed E-state index contributed by atoms with van der Waals surface area (Å²) in [5.41, 5.74) is 4.22. The van der Waals surface area contributed by atoms with Crippen molar-refractivity contribution in [2.24, 2.45) is 11.8 Å². The maximum atomic E-state index is 14.1. The predicted molar refractivity (Wildman–Crippen MR) is 224 cm³/mol. The second kappa shape index (κ2) is 16.6. The van der Waals surface area contributed by atoms with Crippen LogP contribution in [-0.2, 0) is 19.7 Å². The van der Waals surface area contributed by atoms with Crippen LogP contribution in [0.3, 0.4) is 0 Å². The summed E-state index contributed by atoms with van der Waals surface area (Å²) in [5.74, 6) is 0.818. The van der Waals surface area contributed by atoms with Crippen molar-refractivity contribution < 1.29 is 30.4 Å². The van der Waals surface area contributed by atoms with Crippen molar-refractivity contribution in [2.45, 2.75) is 73.0 Å². The molecule has 0 bridgehead atoms. The van der Waals surface area contributed by atoms with E-state index in [1.807, 2.05) is 19.9 Å². The van der Waals surface area contributed by atoms with E-state index in [0.29, 0.717) is 50.8 Å². The number of hydrogen-bond donors (Lipinski definition) is 0. The number of methoxy groups -OCH3 is 1. The number of aryl methyl sites for hydroxylation is 2. The fraction of sp³-hybridized carbons (Fsp3) is 0.333. The lowest BCUT2D eigenvalue weighted by atomic mass is 9.98. The summed E-state index contributed by atoms with van der Waals surface area (Å²) >= 11 is 0. The van der Waals surface area contributed by atoms with Gasteiger partial charge in [-0.1, -0.05) is 26.0 Å². The number of halogens is 2. The van der Waals surface area contributed by atoms with Crippen LogP contribution in [0.25, 0.3) is 21.8 Å². The van der Waals surface area contributed by atoms with Crippen LogP contribution in [0.15, 0.2) is 111 Å². The zero-order valence-electron chi connectivity index (χ0n) is 33.4. The van der Waals surface area contributed by atoms with Crippen LogP contribution < -0.4 is 14.5 Å². The van der Waals surface area contributed by atoms with Gasteiger partial charge in [0, 0.05) is 49.3 Å². The highest BCUT2D eigenvalue weighted by Crippen LogP contribution is 2.40. The van der Waals surface area contributed by atoms with Gasteiger partial charge in [-0.3, -0.25) is 9.97 Å². The Balaban J connectivity index is 0.000000177. The molecular weight excluding hydrogens is 779 g/mol. The van der Waals surface area contributed by atoms with E-state index in [0.717, 1.165) is 63.0 Å². The Morgan fingerprint density at radius 1 is 0.603 bits per heavy atom. The van der Waals surface area contributed by atoms with Crippen LogP contribution in [0.2, 0.25) is 0 Å². The summed E-state index contributed by atoms with van der Waals surface area (Å²) in [6.07, 6.45) is 6.68. The molecule has 0 N–H and O–H groups in total. The second-order valence-corrected chi connectivity index (χ2v) is 19.4. The number of sulfone groups is 2. The molecule has 8 rings (SSSR count). The third-order valence-corrected chi connectivity index (χ3v) is 15.0. The maximum absolute atomic E-state index is 14.1. The van der Waals surface area contributed by atoms with Gasteiger partial charge in [-0.25, -0.2) is 25.6 Å². The molecule has 0 aliphatic carbocycles. The number of piperidine rings is 2. The van der Waals surface area contributed by atoms with Gasteiger partial charge in [-0.15, -0.1) is 0 Å². The number of anilines is 2. The minimum atomic E-state index is -3.88. The molecule has 2 aromatic heterocycles. The number of rotatable bonds is 7. The van der Waals surface area contributed by atoms with Crippen LogP contribution in [0.5, 0.6) is 5.75 Å². The number of aromatic nitrogens is 2. The van der Waals surface area contributed by atoms with Gasteiger partial charge in [0.15, 0.2) is 0 Å². The van der Waals surface area contributed by atoms with E-state index in [9.17, 15) is 25.6 Å². The number of ether oxygens (including phenoxy) is 1. The number of benzene rings is 4. The third-order valence-electron chi connectivity index (χ3n) is 11.5. The molecule has 2 saturated heterocycles. The molecule has 0 saturated carbocycles. The van der Waals surface area contributed by atoms with Gasteiger partial charge in [0.05, 0.1) is 39.3 Å². The molecule has 9 nitrogen and oxygen atoms in total. The smallest absolute Gasteiger partial charge is 0.210 e. The first-order chi connectivity index (χ1) is 27.7. The number of fused-ring (bicyclic) bond motifs is 2. The lowest BCUT2D eigenvalue weighted by Gasteiger charge is -2.34.